The van der Waals surface area contributed by atoms with Crippen LogP contribution in [0.25, 0.3) is 0 Å². The fourth-order valence-corrected chi connectivity index (χ4v) is 1.51. The summed E-state index contributed by atoms with van der Waals surface area (Å²) in [5, 5.41) is 0. The average Bonchev–Trinajstić information content (AvgIpc) is 2.23. The molecule has 17 heavy (non-hydrogen) atoms. The van der Waals surface area contributed by atoms with E-state index in [4.69, 9.17) is 11.5 Å². The summed E-state index contributed by atoms with van der Waals surface area (Å²) in [6, 6.07) is 0.744. The van der Waals surface area contributed by atoms with Crippen LogP contribution < -0.4 is 11.5 Å². The highest BCUT2D eigenvalue weighted by Crippen LogP contribution is 2.22. The Bertz CT molecular complexity index is 361. The first kappa shape index (κ1) is 16.2. The van der Waals surface area contributed by atoms with Gasteiger partial charge in [-0.1, -0.05) is 6.42 Å². The molecule has 0 heterocycles. The number of benzene rings is 1. The molecule has 0 aliphatic rings. The molecule has 0 radical (unpaired) electrons. The molecule has 1 aromatic rings. The Hall–Kier alpha value is -0.780. The minimum absolute atomic E-state index is 0. The van der Waals surface area contributed by atoms with Crippen LogP contribution in [-0.4, -0.2) is 6.54 Å². The third kappa shape index (κ3) is 4.53. The molecule has 6 heteroatoms. The van der Waals surface area contributed by atoms with Gasteiger partial charge in [-0.3, -0.25) is 0 Å². The van der Waals surface area contributed by atoms with E-state index >= 15 is 0 Å². The minimum atomic E-state index is -1.20. The van der Waals surface area contributed by atoms with Crippen molar-refractivity contribution < 1.29 is 13.2 Å². The van der Waals surface area contributed by atoms with Gasteiger partial charge in [0, 0.05) is 17.7 Å². The molecule has 0 spiro atoms. The van der Waals surface area contributed by atoms with Crippen molar-refractivity contribution in [3.63, 3.8) is 0 Å². The zero-order valence-corrected chi connectivity index (χ0v) is 10.1. The van der Waals surface area contributed by atoms with Crippen LogP contribution in [0.2, 0.25) is 0 Å². The van der Waals surface area contributed by atoms with Crippen molar-refractivity contribution >= 4 is 12.4 Å². The maximum Gasteiger partial charge on any atom is 0.163 e. The Balaban J connectivity index is 0.00000256. The quantitative estimate of drug-likeness (QED) is 0.637. The lowest BCUT2D eigenvalue weighted by Gasteiger charge is -2.13. The van der Waals surface area contributed by atoms with Crippen LogP contribution >= 0.6 is 12.4 Å². The summed E-state index contributed by atoms with van der Waals surface area (Å²) in [5.41, 5.74) is 10.8. The zero-order chi connectivity index (χ0) is 12.1. The molecule has 0 aliphatic heterocycles. The van der Waals surface area contributed by atoms with E-state index in [9.17, 15) is 13.2 Å². The molecule has 0 bridgehead atoms. The van der Waals surface area contributed by atoms with Crippen LogP contribution in [0.1, 0.15) is 30.9 Å². The molecule has 0 unspecified atom stereocenters. The van der Waals surface area contributed by atoms with E-state index in [0.29, 0.717) is 25.5 Å². The topological polar surface area (TPSA) is 52.0 Å². The maximum absolute atomic E-state index is 13.3. The first-order valence-corrected chi connectivity index (χ1v) is 5.16. The minimum Gasteiger partial charge on any atom is -0.330 e. The summed E-state index contributed by atoms with van der Waals surface area (Å²) >= 11 is 0. The second-order valence-electron chi connectivity index (χ2n) is 3.68. The summed E-state index contributed by atoms with van der Waals surface area (Å²) < 4.78 is 39.1. The van der Waals surface area contributed by atoms with Gasteiger partial charge in [0.25, 0.3) is 0 Å². The summed E-state index contributed by atoms with van der Waals surface area (Å²) in [7, 11) is 0. The second kappa shape index (κ2) is 7.53. The number of rotatable bonds is 5. The van der Waals surface area contributed by atoms with E-state index in [1.54, 1.807) is 0 Å². The van der Waals surface area contributed by atoms with Crippen LogP contribution in [-0.2, 0) is 0 Å². The van der Waals surface area contributed by atoms with Crippen molar-refractivity contribution in [1.29, 1.82) is 0 Å². The van der Waals surface area contributed by atoms with Gasteiger partial charge >= 0.3 is 0 Å². The van der Waals surface area contributed by atoms with Crippen molar-refractivity contribution in [2.45, 2.75) is 25.3 Å². The summed E-state index contributed by atoms with van der Waals surface area (Å²) in [5.74, 6) is -3.09. The number of nitrogens with two attached hydrogens (primary N) is 2. The van der Waals surface area contributed by atoms with Crippen molar-refractivity contribution in [2.75, 3.05) is 6.54 Å². The number of halogens is 4. The van der Waals surface area contributed by atoms with Gasteiger partial charge in [0.2, 0.25) is 0 Å². The predicted molar refractivity (Wildman–Crippen MR) is 63.4 cm³/mol. The molecule has 4 N–H and O–H groups in total. The Morgan fingerprint density at radius 3 is 2.35 bits per heavy atom. The van der Waals surface area contributed by atoms with Gasteiger partial charge < -0.3 is 11.5 Å². The molecule has 0 saturated heterocycles. The molecule has 1 atom stereocenters. The molecule has 0 amide bonds. The molecule has 1 rings (SSSR count). The van der Waals surface area contributed by atoms with E-state index in [1.165, 1.54) is 0 Å². The van der Waals surface area contributed by atoms with Crippen LogP contribution in [0.5, 0.6) is 0 Å². The van der Waals surface area contributed by atoms with Gasteiger partial charge in [-0.05, 0) is 25.5 Å². The lowest BCUT2D eigenvalue weighted by Crippen LogP contribution is -2.14. The van der Waals surface area contributed by atoms with E-state index in [-0.39, 0.29) is 18.0 Å². The predicted octanol–water partition coefficient (Wildman–Crippen LogP) is 2.65. The largest absolute Gasteiger partial charge is 0.330 e. The van der Waals surface area contributed by atoms with E-state index in [1.807, 2.05) is 0 Å². The average molecular weight is 269 g/mol. The van der Waals surface area contributed by atoms with Gasteiger partial charge in [-0.2, -0.15) is 0 Å². The van der Waals surface area contributed by atoms with Gasteiger partial charge in [0.1, 0.15) is 5.82 Å². The van der Waals surface area contributed by atoms with E-state index < -0.39 is 23.5 Å². The lowest BCUT2D eigenvalue weighted by atomic mass is 10.0. The van der Waals surface area contributed by atoms with Gasteiger partial charge in [0.05, 0.1) is 0 Å². The molecule has 0 aromatic heterocycles. The Morgan fingerprint density at radius 2 is 1.76 bits per heavy atom. The normalized spacial score (nSPS) is 12.1. The van der Waals surface area contributed by atoms with Crippen molar-refractivity contribution in [2.24, 2.45) is 11.5 Å². The maximum atomic E-state index is 13.3. The number of unbranched alkanes of at least 4 members (excludes halogenated alkanes) is 1. The zero-order valence-electron chi connectivity index (χ0n) is 9.26. The molecular weight excluding hydrogens is 253 g/mol. The molecule has 0 aliphatic carbocycles. The highest BCUT2D eigenvalue weighted by atomic mass is 35.5. The van der Waals surface area contributed by atoms with Crippen LogP contribution in [0.4, 0.5) is 13.2 Å². The molecule has 0 fully saturated rings. The standard InChI is InChI=1S/C11H15F3N2.ClH/c12-7-5-8(11(14)9(13)6-7)10(16)3-1-2-4-15;/h5-6,10H,1-4,15-16H2;1H/t10-;/m1./s1. The smallest absolute Gasteiger partial charge is 0.163 e. The highest BCUT2D eigenvalue weighted by molar-refractivity contribution is 5.85. The second-order valence-corrected chi connectivity index (χ2v) is 3.68. The first-order chi connectivity index (χ1) is 7.56. The van der Waals surface area contributed by atoms with Gasteiger partial charge in [-0.15, -0.1) is 12.4 Å². The summed E-state index contributed by atoms with van der Waals surface area (Å²) in [6.07, 6.45) is 1.92. The number of hydrogen-bond acceptors (Lipinski definition) is 2. The Labute approximate surface area is 105 Å². The van der Waals surface area contributed by atoms with Crippen LogP contribution in [0, 0.1) is 17.5 Å². The molecule has 0 saturated carbocycles. The first-order valence-electron chi connectivity index (χ1n) is 5.16. The Kier molecular flexibility index (Phi) is 7.18. The van der Waals surface area contributed by atoms with E-state index in [2.05, 4.69) is 0 Å². The Morgan fingerprint density at radius 1 is 1.12 bits per heavy atom. The van der Waals surface area contributed by atoms with Crippen molar-refractivity contribution in [1.82, 2.24) is 0 Å². The molecule has 1 aromatic carbocycles. The summed E-state index contributed by atoms with van der Waals surface area (Å²) in [4.78, 5) is 0. The van der Waals surface area contributed by atoms with Crippen LogP contribution in [0.15, 0.2) is 12.1 Å². The lowest BCUT2D eigenvalue weighted by molar-refractivity contribution is 0.466. The van der Waals surface area contributed by atoms with Gasteiger partial charge in [0.15, 0.2) is 11.6 Å². The van der Waals surface area contributed by atoms with Gasteiger partial charge in [-0.25, -0.2) is 13.2 Å². The fourth-order valence-electron chi connectivity index (χ4n) is 1.51. The fraction of sp³-hybridized carbons (Fsp3) is 0.455. The monoisotopic (exact) mass is 268 g/mol. The number of hydrogen-bond donors (Lipinski definition) is 2. The molecule has 2 nitrogen and oxygen atoms in total. The summed E-state index contributed by atoms with van der Waals surface area (Å²) in [6.45, 7) is 0.521. The molecular formula is C11H16ClF3N2. The highest BCUT2D eigenvalue weighted by Gasteiger charge is 2.16. The van der Waals surface area contributed by atoms with Crippen LogP contribution in [0.3, 0.4) is 0 Å². The van der Waals surface area contributed by atoms with Crippen molar-refractivity contribution in [3.8, 4) is 0 Å². The molecule has 98 valence electrons. The SMILES string of the molecule is Cl.NCCCC[C@@H](N)c1cc(F)cc(F)c1F. The third-order valence-corrected chi connectivity index (χ3v) is 2.39. The third-order valence-electron chi connectivity index (χ3n) is 2.39. The van der Waals surface area contributed by atoms with Crippen molar-refractivity contribution in [3.05, 3.63) is 35.1 Å². The van der Waals surface area contributed by atoms with E-state index in [0.717, 1.165) is 12.5 Å².